The largest absolute Gasteiger partial charge is 0.476 e. The molecule has 0 aromatic heterocycles. The van der Waals surface area contributed by atoms with E-state index in [1.807, 2.05) is 12.2 Å². The lowest BCUT2D eigenvalue weighted by molar-refractivity contribution is -0.134. The number of halogens is 1. The normalized spacial score (nSPS) is 11.8. The van der Waals surface area contributed by atoms with Gasteiger partial charge in [-0.2, -0.15) is 4.39 Å². The molecule has 0 fully saturated rings. The second-order valence-electron chi connectivity index (χ2n) is 5.43. The van der Waals surface area contributed by atoms with Crippen molar-refractivity contribution in [2.24, 2.45) is 0 Å². The molecule has 0 spiro atoms. The average Bonchev–Trinajstić information content (AvgIpc) is 2.54. The second kappa shape index (κ2) is 16.5. The van der Waals surface area contributed by atoms with Crippen LogP contribution >= 0.6 is 0 Å². The van der Waals surface area contributed by atoms with Crippen LogP contribution in [0.5, 0.6) is 0 Å². The van der Waals surface area contributed by atoms with Crippen LogP contribution < -0.4 is 0 Å². The summed E-state index contributed by atoms with van der Waals surface area (Å²) in [6.07, 6.45) is 20.4. The van der Waals surface area contributed by atoms with Gasteiger partial charge in [-0.25, -0.2) is 4.79 Å². The fraction of sp³-hybridized carbons (Fsp3) is 0.550. The Morgan fingerprint density at radius 2 is 1.70 bits per heavy atom. The third-order valence-electron chi connectivity index (χ3n) is 3.34. The molecule has 0 saturated heterocycles. The van der Waals surface area contributed by atoms with E-state index >= 15 is 0 Å². The van der Waals surface area contributed by atoms with E-state index in [0.29, 0.717) is 0 Å². The maximum Gasteiger partial charge on any atom is 0.364 e. The third-order valence-corrected chi connectivity index (χ3v) is 3.34. The summed E-state index contributed by atoms with van der Waals surface area (Å²) >= 11 is 0. The predicted molar refractivity (Wildman–Crippen MR) is 94.7 cm³/mol. The molecule has 0 heterocycles. The number of carboxylic acids is 1. The Morgan fingerprint density at radius 3 is 2.35 bits per heavy atom. The van der Waals surface area contributed by atoms with Crippen molar-refractivity contribution in [3.63, 3.8) is 0 Å². The molecule has 0 atom stereocenters. The minimum atomic E-state index is -1.55. The van der Waals surface area contributed by atoms with Crippen molar-refractivity contribution in [2.75, 3.05) is 0 Å². The first-order valence-corrected chi connectivity index (χ1v) is 8.57. The number of aliphatic carboxylic acids is 1. The fourth-order valence-corrected chi connectivity index (χ4v) is 2.02. The Kier molecular flexibility index (Phi) is 15.2. The minimum Gasteiger partial charge on any atom is -0.476 e. The zero-order valence-corrected chi connectivity index (χ0v) is 14.2. The van der Waals surface area contributed by atoms with Crippen molar-refractivity contribution < 1.29 is 14.3 Å². The Hall–Kier alpha value is -1.82. The SMILES string of the molecule is CCCCCCCCCCC=CC=CC#CCC=C(F)C(=O)O. The minimum absolute atomic E-state index is 0.102. The maximum atomic E-state index is 12.6. The summed E-state index contributed by atoms with van der Waals surface area (Å²) in [5, 5.41) is 8.29. The first kappa shape index (κ1) is 21.2. The molecule has 0 aliphatic heterocycles. The second-order valence-corrected chi connectivity index (χ2v) is 5.43. The molecule has 0 radical (unpaired) electrons. The Labute approximate surface area is 140 Å². The first-order chi connectivity index (χ1) is 11.2. The van der Waals surface area contributed by atoms with Crippen LogP contribution in [0.3, 0.4) is 0 Å². The van der Waals surface area contributed by atoms with Gasteiger partial charge >= 0.3 is 5.97 Å². The zero-order chi connectivity index (χ0) is 17.2. The third kappa shape index (κ3) is 16.4. The molecule has 0 aromatic rings. The summed E-state index contributed by atoms with van der Waals surface area (Å²) < 4.78 is 12.6. The van der Waals surface area contributed by atoms with Gasteiger partial charge in [0.2, 0.25) is 5.83 Å². The maximum absolute atomic E-state index is 12.6. The van der Waals surface area contributed by atoms with Crippen molar-refractivity contribution in [3.8, 4) is 11.8 Å². The Bertz CT molecular complexity index is 450. The number of carbonyl (C=O) groups is 1. The van der Waals surface area contributed by atoms with E-state index in [1.165, 1.54) is 51.4 Å². The highest BCUT2D eigenvalue weighted by Gasteiger charge is 2.01. The van der Waals surface area contributed by atoms with Crippen LogP contribution in [0.4, 0.5) is 4.39 Å². The van der Waals surface area contributed by atoms with Crippen molar-refractivity contribution in [1.82, 2.24) is 0 Å². The molecule has 0 aliphatic rings. The number of carboxylic acid groups (broad SMARTS) is 1. The van der Waals surface area contributed by atoms with E-state index < -0.39 is 11.8 Å². The highest BCUT2D eigenvalue weighted by atomic mass is 19.1. The van der Waals surface area contributed by atoms with Crippen LogP contribution in [0.25, 0.3) is 0 Å². The van der Waals surface area contributed by atoms with Gasteiger partial charge in [-0.05, 0) is 25.0 Å². The molecular weight excluding hydrogens is 291 g/mol. The molecule has 0 aliphatic carbocycles. The van der Waals surface area contributed by atoms with E-state index in [0.717, 1.165) is 12.5 Å². The van der Waals surface area contributed by atoms with Crippen LogP contribution in [0, 0.1) is 11.8 Å². The molecular formula is C20H29FO2. The average molecular weight is 320 g/mol. The summed E-state index contributed by atoms with van der Waals surface area (Å²) in [5.74, 6) is 2.68. The van der Waals surface area contributed by atoms with E-state index in [1.54, 1.807) is 6.08 Å². The molecule has 0 saturated carbocycles. The van der Waals surface area contributed by atoms with Crippen LogP contribution in [0.2, 0.25) is 0 Å². The van der Waals surface area contributed by atoms with Crippen molar-refractivity contribution in [3.05, 3.63) is 36.2 Å². The monoisotopic (exact) mass is 320 g/mol. The lowest BCUT2D eigenvalue weighted by atomic mass is 10.1. The standard InChI is InChI=1S/C20H29FO2/c1-2-3-4-5-6-7-8-9-10-11-12-13-14-15-16-17-18-19(21)20(22)23/h11-14,18H,2-10,17H2,1H3,(H,22,23). The molecule has 0 unspecified atom stereocenters. The van der Waals surface area contributed by atoms with Gasteiger partial charge in [0, 0.05) is 6.42 Å². The summed E-state index contributed by atoms with van der Waals surface area (Å²) in [6, 6.07) is 0. The molecule has 3 heteroatoms. The highest BCUT2D eigenvalue weighted by Crippen LogP contribution is 2.09. The van der Waals surface area contributed by atoms with E-state index in [2.05, 4.69) is 24.8 Å². The highest BCUT2D eigenvalue weighted by molar-refractivity contribution is 5.83. The summed E-state index contributed by atoms with van der Waals surface area (Å²) in [5.41, 5.74) is 0. The van der Waals surface area contributed by atoms with Gasteiger partial charge in [0.25, 0.3) is 0 Å². The van der Waals surface area contributed by atoms with Crippen LogP contribution in [0.1, 0.15) is 71.1 Å². The van der Waals surface area contributed by atoms with Gasteiger partial charge in [0.15, 0.2) is 0 Å². The van der Waals surface area contributed by atoms with E-state index in [-0.39, 0.29) is 6.42 Å². The van der Waals surface area contributed by atoms with Crippen molar-refractivity contribution >= 4 is 5.97 Å². The van der Waals surface area contributed by atoms with Gasteiger partial charge < -0.3 is 5.11 Å². The molecule has 1 N–H and O–H groups in total. The fourth-order valence-electron chi connectivity index (χ4n) is 2.02. The first-order valence-electron chi connectivity index (χ1n) is 8.57. The molecule has 0 aromatic carbocycles. The number of rotatable bonds is 12. The topological polar surface area (TPSA) is 37.3 Å². The zero-order valence-electron chi connectivity index (χ0n) is 14.2. The van der Waals surface area contributed by atoms with E-state index in [4.69, 9.17) is 5.11 Å². The molecule has 0 rings (SSSR count). The lowest BCUT2D eigenvalue weighted by Crippen LogP contribution is -1.93. The molecule has 0 bridgehead atoms. The number of allylic oxidation sites excluding steroid dienone is 5. The molecule has 2 nitrogen and oxygen atoms in total. The molecule has 0 amide bonds. The molecule has 128 valence electrons. The van der Waals surface area contributed by atoms with Gasteiger partial charge in [-0.1, -0.05) is 81.9 Å². The number of hydrogen-bond acceptors (Lipinski definition) is 1. The van der Waals surface area contributed by atoms with E-state index in [9.17, 15) is 9.18 Å². The van der Waals surface area contributed by atoms with Crippen LogP contribution in [-0.4, -0.2) is 11.1 Å². The van der Waals surface area contributed by atoms with Gasteiger partial charge in [-0.15, -0.1) is 0 Å². The van der Waals surface area contributed by atoms with Crippen LogP contribution in [0.15, 0.2) is 36.2 Å². The number of unbranched alkanes of at least 4 members (excludes halogenated alkanes) is 8. The van der Waals surface area contributed by atoms with Crippen molar-refractivity contribution in [2.45, 2.75) is 71.1 Å². The number of hydrogen-bond donors (Lipinski definition) is 1. The smallest absolute Gasteiger partial charge is 0.364 e. The predicted octanol–water partition coefficient (Wildman–Crippen LogP) is 5.96. The van der Waals surface area contributed by atoms with Gasteiger partial charge in [0.1, 0.15) is 0 Å². The summed E-state index contributed by atoms with van der Waals surface area (Å²) in [4.78, 5) is 10.2. The summed E-state index contributed by atoms with van der Waals surface area (Å²) in [6.45, 7) is 2.24. The quantitative estimate of drug-likeness (QED) is 0.208. The van der Waals surface area contributed by atoms with Crippen LogP contribution in [-0.2, 0) is 4.79 Å². The lowest BCUT2D eigenvalue weighted by Gasteiger charge is -1.99. The van der Waals surface area contributed by atoms with Gasteiger partial charge in [-0.3, -0.25) is 0 Å². The van der Waals surface area contributed by atoms with Gasteiger partial charge in [0.05, 0.1) is 0 Å². The van der Waals surface area contributed by atoms with Crippen molar-refractivity contribution in [1.29, 1.82) is 0 Å². The molecule has 23 heavy (non-hydrogen) atoms. The Balaban J connectivity index is 3.53. The summed E-state index contributed by atoms with van der Waals surface area (Å²) in [7, 11) is 0. The Morgan fingerprint density at radius 1 is 1.04 bits per heavy atom.